The lowest BCUT2D eigenvalue weighted by Crippen LogP contribution is -2.32. The zero-order valence-corrected chi connectivity index (χ0v) is 10.2. The van der Waals surface area contributed by atoms with Gasteiger partial charge in [-0.15, -0.1) is 0 Å². The van der Waals surface area contributed by atoms with E-state index in [1.165, 1.54) is 18.2 Å². The van der Waals surface area contributed by atoms with Gasteiger partial charge in [0.05, 0.1) is 5.02 Å². The highest BCUT2D eigenvalue weighted by Gasteiger charge is 2.35. The maximum absolute atomic E-state index is 12.0. The summed E-state index contributed by atoms with van der Waals surface area (Å²) >= 11 is 5.86. The summed E-state index contributed by atoms with van der Waals surface area (Å²) in [5, 5.41) is 20.5. The molecule has 0 fully saturated rings. The number of carbonyl (C=O) groups excluding carboxylic acids is 2. The highest BCUT2D eigenvalue weighted by Crippen LogP contribution is 2.35. The molecule has 0 unspecified atom stereocenters. The van der Waals surface area contributed by atoms with E-state index in [1.54, 1.807) is 0 Å². The number of nitrogens with one attached hydrogen (secondary N) is 1. The molecule has 0 aliphatic heterocycles. The SMILES string of the molecule is O=C(O)CNC(=O)C1=C(O)c2c(Cl)cccc2C1=O. The average Bonchev–Trinajstić information content (AvgIpc) is 2.60. The fourth-order valence-corrected chi connectivity index (χ4v) is 2.04. The molecule has 19 heavy (non-hydrogen) atoms. The molecule has 1 aromatic rings. The van der Waals surface area contributed by atoms with Crippen LogP contribution in [0.1, 0.15) is 15.9 Å². The Morgan fingerprint density at radius 1 is 1.32 bits per heavy atom. The van der Waals surface area contributed by atoms with Gasteiger partial charge >= 0.3 is 5.97 Å². The Balaban J connectivity index is 2.39. The second kappa shape index (κ2) is 4.74. The molecular weight excluding hydrogens is 274 g/mol. The largest absolute Gasteiger partial charge is 0.506 e. The number of carboxylic acid groups (broad SMARTS) is 1. The van der Waals surface area contributed by atoms with Crippen molar-refractivity contribution in [2.24, 2.45) is 0 Å². The Morgan fingerprint density at radius 2 is 2.00 bits per heavy atom. The predicted octanol–water partition coefficient (Wildman–Crippen LogP) is 1.01. The monoisotopic (exact) mass is 281 g/mol. The summed E-state index contributed by atoms with van der Waals surface area (Å²) in [6.45, 7) is -0.646. The van der Waals surface area contributed by atoms with Crippen LogP contribution in [-0.2, 0) is 9.59 Å². The van der Waals surface area contributed by atoms with E-state index in [0.717, 1.165) is 0 Å². The van der Waals surface area contributed by atoms with Crippen molar-refractivity contribution in [3.8, 4) is 0 Å². The summed E-state index contributed by atoms with van der Waals surface area (Å²) in [4.78, 5) is 34.0. The second-order valence-corrected chi connectivity index (χ2v) is 4.20. The molecule has 1 amide bonds. The van der Waals surface area contributed by atoms with Crippen LogP contribution < -0.4 is 5.32 Å². The molecule has 0 saturated heterocycles. The summed E-state index contributed by atoms with van der Waals surface area (Å²) in [6, 6.07) is 4.42. The lowest BCUT2D eigenvalue weighted by Gasteiger charge is -2.02. The summed E-state index contributed by atoms with van der Waals surface area (Å²) in [5.41, 5.74) is -0.288. The normalized spacial score (nSPS) is 13.4. The molecule has 0 heterocycles. The molecule has 0 saturated carbocycles. The number of hydrogen-bond acceptors (Lipinski definition) is 4. The number of ketones is 1. The van der Waals surface area contributed by atoms with E-state index in [4.69, 9.17) is 16.7 Å². The smallest absolute Gasteiger partial charge is 0.322 e. The van der Waals surface area contributed by atoms with E-state index in [0.29, 0.717) is 0 Å². The molecule has 3 N–H and O–H groups in total. The lowest BCUT2D eigenvalue weighted by molar-refractivity contribution is -0.137. The lowest BCUT2D eigenvalue weighted by atomic mass is 10.1. The Bertz CT molecular complexity index is 635. The fourth-order valence-electron chi connectivity index (χ4n) is 1.78. The van der Waals surface area contributed by atoms with Gasteiger partial charge in [-0.25, -0.2) is 0 Å². The highest BCUT2D eigenvalue weighted by molar-refractivity contribution is 6.39. The third-order valence-electron chi connectivity index (χ3n) is 2.59. The quantitative estimate of drug-likeness (QED) is 0.717. The number of hydrogen-bond donors (Lipinski definition) is 3. The number of halogens is 1. The van der Waals surface area contributed by atoms with Crippen LogP contribution in [0.2, 0.25) is 5.02 Å². The van der Waals surface area contributed by atoms with Gasteiger partial charge in [-0.2, -0.15) is 0 Å². The third kappa shape index (κ3) is 2.17. The van der Waals surface area contributed by atoms with Crippen molar-refractivity contribution in [1.29, 1.82) is 0 Å². The van der Waals surface area contributed by atoms with E-state index in [2.05, 4.69) is 0 Å². The van der Waals surface area contributed by atoms with Crippen LogP contribution in [0.15, 0.2) is 23.8 Å². The minimum absolute atomic E-state index is 0.0923. The number of rotatable bonds is 3. The van der Waals surface area contributed by atoms with Gasteiger partial charge in [0, 0.05) is 11.1 Å². The number of fused-ring (bicyclic) bond motifs is 1. The van der Waals surface area contributed by atoms with Crippen molar-refractivity contribution in [1.82, 2.24) is 5.32 Å². The number of aliphatic hydroxyl groups is 1. The minimum atomic E-state index is -1.26. The Hall–Kier alpha value is -2.34. The van der Waals surface area contributed by atoms with Crippen molar-refractivity contribution in [2.45, 2.75) is 0 Å². The van der Waals surface area contributed by atoms with Crippen LogP contribution in [0.5, 0.6) is 0 Å². The first kappa shape index (κ1) is 13.1. The Morgan fingerprint density at radius 3 is 2.58 bits per heavy atom. The van der Waals surface area contributed by atoms with Crippen LogP contribution in [0.25, 0.3) is 5.76 Å². The average molecular weight is 282 g/mol. The molecule has 2 rings (SSSR count). The molecule has 0 aromatic heterocycles. The van der Waals surface area contributed by atoms with Crippen molar-refractivity contribution >= 4 is 35.0 Å². The zero-order chi connectivity index (χ0) is 14.2. The van der Waals surface area contributed by atoms with Gasteiger partial charge in [-0.1, -0.05) is 23.7 Å². The number of Topliss-reactive ketones (excluding diaryl/α,β-unsaturated/α-hetero) is 1. The molecule has 0 atom stereocenters. The molecule has 1 aromatic carbocycles. The third-order valence-corrected chi connectivity index (χ3v) is 2.90. The van der Waals surface area contributed by atoms with Crippen LogP contribution >= 0.6 is 11.6 Å². The zero-order valence-electron chi connectivity index (χ0n) is 9.44. The first-order chi connectivity index (χ1) is 8.93. The predicted molar refractivity (Wildman–Crippen MR) is 66.0 cm³/mol. The van der Waals surface area contributed by atoms with Gasteiger partial charge in [0.2, 0.25) is 5.78 Å². The molecule has 0 bridgehead atoms. The van der Waals surface area contributed by atoms with Crippen LogP contribution in [0, 0.1) is 0 Å². The molecule has 1 aliphatic carbocycles. The van der Waals surface area contributed by atoms with Crippen LogP contribution in [0.4, 0.5) is 0 Å². The van der Waals surface area contributed by atoms with E-state index in [1.807, 2.05) is 5.32 Å². The van der Waals surface area contributed by atoms with E-state index in [-0.39, 0.29) is 16.1 Å². The van der Waals surface area contributed by atoms with Gasteiger partial charge < -0.3 is 15.5 Å². The van der Waals surface area contributed by atoms with Crippen molar-refractivity contribution < 1.29 is 24.6 Å². The van der Waals surface area contributed by atoms with Crippen LogP contribution in [0.3, 0.4) is 0 Å². The number of aliphatic carboxylic acids is 1. The molecular formula is C12H8ClNO5. The topological polar surface area (TPSA) is 104 Å². The van der Waals surface area contributed by atoms with Gasteiger partial charge in [0.1, 0.15) is 17.9 Å². The minimum Gasteiger partial charge on any atom is -0.506 e. The summed E-state index contributed by atoms with van der Waals surface area (Å²) in [6.07, 6.45) is 0. The first-order valence-corrected chi connectivity index (χ1v) is 5.58. The van der Waals surface area contributed by atoms with E-state index in [9.17, 15) is 19.5 Å². The van der Waals surface area contributed by atoms with Gasteiger partial charge in [-0.05, 0) is 6.07 Å². The summed E-state index contributed by atoms with van der Waals surface area (Å²) in [5.74, 6) is -3.42. The van der Waals surface area contributed by atoms with Gasteiger partial charge in [-0.3, -0.25) is 14.4 Å². The van der Waals surface area contributed by atoms with Crippen LogP contribution in [-0.4, -0.2) is 34.4 Å². The first-order valence-electron chi connectivity index (χ1n) is 5.20. The Labute approximate surface area is 112 Å². The number of amides is 1. The fraction of sp³-hybridized carbons (Fsp3) is 0.0833. The van der Waals surface area contributed by atoms with Gasteiger partial charge in [0.15, 0.2) is 0 Å². The molecule has 6 nitrogen and oxygen atoms in total. The second-order valence-electron chi connectivity index (χ2n) is 3.79. The standard InChI is InChI=1S/C12H8ClNO5/c13-6-3-1-2-5-8(6)11(18)9(10(5)17)12(19)14-4-7(15)16/h1-3,18H,4H2,(H,14,19)(H,15,16). The van der Waals surface area contributed by atoms with Crippen molar-refractivity contribution in [3.05, 3.63) is 39.9 Å². The van der Waals surface area contributed by atoms with Gasteiger partial charge in [0.25, 0.3) is 5.91 Å². The number of carbonyl (C=O) groups is 3. The highest BCUT2D eigenvalue weighted by atomic mass is 35.5. The maximum atomic E-state index is 12.0. The van der Waals surface area contributed by atoms with Crippen molar-refractivity contribution in [2.75, 3.05) is 6.54 Å². The molecule has 98 valence electrons. The Kier molecular flexibility index (Phi) is 3.26. The molecule has 0 spiro atoms. The van der Waals surface area contributed by atoms with E-state index >= 15 is 0 Å². The van der Waals surface area contributed by atoms with E-state index < -0.39 is 35.5 Å². The maximum Gasteiger partial charge on any atom is 0.322 e. The molecule has 1 aliphatic rings. The number of aliphatic hydroxyl groups excluding tert-OH is 1. The number of carboxylic acids is 1. The summed E-state index contributed by atoms with van der Waals surface area (Å²) < 4.78 is 0. The van der Waals surface area contributed by atoms with Crippen molar-refractivity contribution in [3.63, 3.8) is 0 Å². The molecule has 0 radical (unpaired) electrons. The number of benzene rings is 1. The summed E-state index contributed by atoms with van der Waals surface area (Å²) in [7, 11) is 0. The molecule has 7 heteroatoms.